The van der Waals surface area contributed by atoms with Crippen LogP contribution in [0.15, 0.2) is 42.7 Å². The fourth-order valence-corrected chi connectivity index (χ4v) is 3.29. The maximum absolute atomic E-state index is 5.92. The molecule has 1 saturated heterocycles. The lowest BCUT2D eigenvalue weighted by molar-refractivity contribution is 0.0919. The summed E-state index contributed by atoms with van der Waals surface area (Å²) < 4.78 is 7.82. The number of aromatic nitrogens is 3. The Balaban J connectivity index is 1.51. The van der Waals surface area contributed by atoms with Gasteiger partial charge in [0.05, 0.1) is 5.69 Å². The van der Waals surface area contributed by atoms with E-state index in [0.29, 0.717) is 6.04 Å². The summed E-state index contributed by atoms with van der Waals surface area (Å²) in [5.41, 5.74) is 3.64. The molecule has 1 aliphatic heterocycles. The number of aromatic amines is 1. The summed E-state index contributed by atoms with van der Waals surface area (Å²) in [4.78, 5) is 3.33. The molecule has 0 radical (unpaired) electrons. The number of H-pyrrole nitrogens is 1. The van der Waals surface area contributed by atoms with Gasteiger partial charge in [-0.1, -0.05) is 18.2 Å². The third-order valence-electron chi connectivity index (χ3n) is 4.47. The van der Waals surface area contributed by atoms with Crippen LogP contribution in [-0.2, 0) is 18.3 Å². The number of hydrogen-bond donors (Lipinski definition) is 2. The Hall–Kier alpha value is -2.11. The van der Waals surface area contributed by atoms with Crippen molar-refractivity contribution in [1.29, 1.82) is 0 Å². The van der Waals surface area contributed by atoms with Crippen LogP contribution in [0.4, 0.5) is 0 Å². The highest BCUT2D eigenvalue weighted by Gasteiger charge is 2.31. The maximum Gasteiger partial charge on any atom is 0.114 e. The molecule has 2 N–H and O–H groups in total. The van der Waals surface area contributed by atoms with Crippen LogP contribution in [0, 0.1) is 0 Å². The molecule has 22 heavy (non-hydrogen) atoms. The first kappa shape index (κ1) is 13.5. The van der Waals surface area contributed by atoms with Gasteiger partial charge in [0.1, 0.15) is 6.10 Å². The zero-order chi connectivity index (χ0) is 14.9. The molecular weight excluding hydrogens is 276 g/mol. The Labute approximate surface area is 129 Å². The van der Waals surface area contributed by atoms with E-state index in [4.69, 9.17) is 4.74 Å². The lowest BCUT2D eigenvalue weighted by atomic mass is 10.1. The molecule has 0 amide bonds. The highest BCUT2D eigenvalue weighted by atomic mass is 16.5. The Morgan fingerprint density at radius 2 is 2.32 bits per heavy atom. The van der Waals surface area contributed by atoms with Gasteiger partial charge in [-0.3, -0.25) is 4.68 Å². The Morgan fingerprint density at radius 3 is 3.18 bits per heavy atom. The minimum Gasteiger partial charge on any atom is -0.370 e. The van der Waals surface area contributed by atoms with Crippen LogP contribution in [0.5, 0.6) is 0 Å². The zero-order valence-corrected chi connectivity index (χ0v) is 12.6. The predicted octanol–water partition coefficient (Wildman–Crippen LogP) is 2.52. The van der Waals surface area contributed by atoms with Crippen LogP contribution >= 0.6 is 0 Å². The molecule has 1 aliphatic rings. The molecule has 0 aliphatic carbocycles. The van der Waals surface area contributed by atoms with E-state index in [0.717, 1.165) is 25.3 Å². The van der Waals surface area contributed by atoms with Crippen molar-refractivity contribution in [3.05, 3.63) is 54.0 Å². The van der Waals surface area contributed by atoms with Crippen LogP contribution in [-0.4, -0.2) is 27.4 Å². The monoisotopic (exact) mass is 296 g/mol. The Kier molecular flexibility index (Phi) is 3.44. The minimum atomic E-state index is 0.0790. The van der Waals surface area contributed by atoms with E-state index < -0.39 is 0 Å². The number of ether oxygens (including phenoxy) is 1. The van der Waals surface area contributed by atoms with Crippen molar-refractivity contribution in [3.63, 3.8) is 0 Å². The average molecular weight is 296 g/mol. The van der Waals surface area contributed by atoms with Gasteiger partial charge in [-0.15, -0.1) is 0 Å². The van der Waals surface area contributed by atoms with Gasteiger partial charge < -0.3 is 15.0 Å². The van der Waals surface area contributed by atoms with E-state index in [1.807, 2.05) is 30.2 Å². The number of para-hydroxylation sites is 1. The van der Waals surface area contributed by atoms with Crippen LogP contribution in [0.25, 0.3) is 10.9 Å². The van der Waals surface area contributed by atoms with Crippen LogP contribution < -0.4 is 5.32 Å². The molecule has 1 fully saturated rings. The molecule has 2 aromatic heterocycles. The van der Waals surface area contributed by atoms with Gasteiger partial charge in [-0.05, 0) is 29.5 Å². The molecule has 0 saturated carbocycles. The van der Waals surface area contributed by atoms with Gasteiger partial charge in [-0.2, -0.15) is 5.10 Å². The summed E-state index contributed by atoms with van der Waals surface area (Å²) in [5.74, 6) is 0. The van der Waals surface area contributed by atoms with Gasteiger partial charge in [-0.25, -0.2) is 0 Å². The normalized spacial score (nSPS) is 21.7. The quantitative estimate of drug-likeness (QED) is 0.778. The van der Waals surface area contributed by atoms with Gasteiger partial charge in [0.2, 0.25) is 0 Å². The molecule has 3 aromatic rings. The van der Waals surface area contributed by atoms with E-state index in [1.165, 1.54) is 16.5 Å². The SMILES string of the molecule is Cn1nccc1[C@H]1OCC[C@@H]1NCc1cccc2cc[nH]c12. The smallest absolute Gasteiger partial charge is 0.114 e. The number of hydrogen-bond acceptors (Lipinski definition) is 3. The van der Waals surface area contributed by atoms with E-state index in [2.05, 4.69) is 39.7 Å². The molecule has 2 atom stereocenters. The third-order valence-corrected chi connectivity index (χ3v) is 4.47. The van der Waals surface area contributed by atoms with Crippen molar-refractivity contribution in [3.8, 4) is 0 Å². The first-order chi connectivity index (χ1) is 10.8. The molecule has 0 spiro atoms. The summed E-state index contributed by atoms with van der Waals surface area (Å²) in [7, 11) is 1.97. The fourth-order valence-electron chi connectivity index (χ4n) is 3.29. The summed E-state index contributed by atoms with van der Waals surface area (Å²) in [6, 6.07) is 10.9. The predicted molar refractivity (Wildman–Crippen MR) is 85.4 cm³/mol. The molecule has 5 heteroatoms. The first-order valence-electron chi connectivity index (χ1n) is 7.71. The van der Waals surface area contributed by atoms with E-state index >= 15 is 0 Å². The van der Waals surface area contributed by atoms with Crippen molar-refractivity contribution in [1.82, 2.24) is 20.1 Å². The number of nitrogens with one attached hydrogen (secondary N) is 2. The standard InChI is InChI=1S/C17H20N4O/c1-21-15(6-9-20-21)17-14(7-10-22-17)19-11-13-4-2-3-12-5-8-18-16(12)13/h2-6,8-9,14,17-19H,7,10-11H2,1H3/t14-,17-/m0/s1. The van der Waals surface area contributed by atoms with Crippen molar-refractivity contribution >= 4 is 10.9 Å². The van der Waals surface area contributed by atoms with Crippen molar-refractivity contribution in [2.75, 3.05) is 6.61 Å². The third kappa shape index (κ3) is 2.32. The molecule has 1 aromatic carbocycles. The summed E-state index contributed by atoms with van der Waals surface area (Å²) in [6.07, 6.45) is 4.92. The van der Waals surface area contributed by atoms with Crippen LogP contribution in [0.1, 0.15) is 23.8 Å². The number of fused-ring (bicyclic) bond motifs is 1. The molecule has 3 heterocycles. The first-order valence-corrected chi connectivity index (χ1v) is 7.71. The minimum absolute atomic E-state index is 0.0790. The zero-order valence-electron chi connectivity index (χ0n) is 12.6. The van der Waals surface area contributed by atoms with Crippen LogP contribution in [0.3, 0.4) is 0 Å². The molecule has 114 valence electrons. The highest BCUT2D eigenvalue weighted by Crippen LogP contribution is 2.29. The lowest BCUT2D eigenvalue weighted by Gasteiger charge is -2.20. The van der Waals surface area contributed by atoms with E-state index in [9.17, 15) is 0 Å². The topological polar surface area (TPSA) is 54.9 Å². The van der Waals surface area contributed by atoms with Crippen molar-refractivity contribution < 1.29 is 4.74 Å². The summed E-state index contributed by atoms with van der Waals surface area (Å²) >= 11 is 0. The Morgan fingerprint density at radius 1 is 1.36 bits per heavy atom. The number of benzene rings is 1. The number of rotatable bonds is 4. The average Bonchev–Trinajstić information content (AvgIpc) is 3.24. The lowest BCUT2D eigenvalue weighted by Crippen LogP contribution is -2.32. The molecular formula is C17H20N4O. The van der Waals surface area contributed by atoms with Crippen LogP contribution in [0.2, 0.25) is 0 Å². The molecule has 0 unspecified atom stereocenters. The molecule has 4 rings (SSSR count). The second-order valence-electron chi connectivity index (χ2n) is 5.81. The van der Waals surface area contributed by atoms with Crippen molar-refractivity contribution in [2.45, 2.75) is 25.1 Å². The van der Waals surface area contributed by atoms with Crippen molar-refractivity contribution in [2.24, 2.45) is 7.05 Å². The molecule has 5 nitrogen and oxygen atoms in total. The summed E-state index contributed by atoms with van der Waals surface area (Å²) in [6.45, 7) is 1.63. The van der Waals surface area contributed by atoms with E-state index in [1.54, 1.807) is 0 Å². The molecule has 0 bridgehead atoms. The maximum atomic E-state index is 5.92. The number of aryl methyl sites for hydroxylation is 1. The van der Waals surface area contributed by atoms with Gasteiger partial charge in [0.25, 0.3) is 0 Å². The summed E-state index contributed by atoms with van der Waals surface area (Å²) in [5, 5.41) is 9.17. The van der Waals surface area contributed by atoms with Gasteiger partial charge >= 0.3 is 0 Å². The van der Waals surface area contributed by atoms with Gasteiger partial charge in [0, 0.05) is 44.2 Å². The fraction of sp³-hybridized carbons (Fsp3) is 0.353. The largest absolute Gasteiger partial charge is 0.370 e. The van der Waals surface area contributed by atoms with E-state index in [-0.39, 0.29) is 6.10 Å². The highest BCUT2D eigenvalue weighted by molar-refractivity contribution is 5.82. The second kappa shape index (κ2) is 5.59. The second-order valence-corrected chi connectivity index (χ2v) is 5.81. The number of nitrogens with zero attached hydrogens (tertiary/aromatic N) is 2. The Bertz CT molecular complexity index is 776. The van der Waals surface area contributed by atoms with Gasteiger partial charge in [0.15, 0.2) is 0 Å².